The van der Waals surface area contributed by atoms with E-state index in [1.807, 2.05) is 34.6 Å². The Morgan fingerprint density at radius 3 is 2.00 bits per heavy atom. The Balaban J connectivity index is 1.82. The third-order valence-corrected chi connectivity index (χ3v) is 8.03. The van der Waals surface area contributed by atoms with Crippen molar-refractivity contribution in [2.45, 2.75) is 74.8 Å². The summed E-state index contributed by atoms with van der Waals surface area (Å²) in [5, 5.41) is 10.6. The second kappa shape index (κ2) is 10.8. The highest BCUT2D eigenvalue weighted by molar-refractivity contribution is 7.89. The lowest BCUT2D eigenvalue weighted by atomic mass is 9.93. The van der Waals surface area contributed by atoms with Gasteiger partial charge in [-0.2, -0.15) is 0 Å². The third kappa shape index (κ3) is 7.62. The second-order valence-electron chi connectivity index (χ2n) is 11.1. The van der Waals surface area contributed by atoms with Gasteiger partial charge in [-0.1, -0.05) is 0 Å². The number of amides is 1. The Hall–Kier alpha value is -2.81. The van der Waals surface area contributed by atoms with Gasteiger partial charge in [0.25, 0.3) is 0 Å². The molecule has 1 aliphatic rings. The zero-order valence-electron chi connectivity index (χ0n) is 22.3. The monoisotopic (exact) mass is 568 g/mol. The maximum absolute atomic E-state index is 12.8. The van der Waals surface area contributed by atoms with Gasteiger partial charge in [0.2, 0.25) is 20.0 Å². The molecule has 1 saturated heterocycles. The Bertz CT molecular complexity index is 1310. The van der Waals surface area contributed by atoms with Crippen LogP contribution in [0.5, 0.6) is 0 Å². The Morgan fingerprint density at radius 2 is 1.55 bits per heavy atom. The van der Waals surface area contributed by atoms with Crippen molar-refractivity contribution >= 4 is 37.8 Å². The van der Waals surface area contributed by atoms with E-state index >= 15 is 0 Å². The Labute approximate surface area is 224 Å². The van der Waals surface area contributed by atoms with Gasteiger partial charge >= 0.3 is 6.09 Å². The van der Waals surface area contributed by atoms with Crippen LogP contribution in [0, 0.1) is 5.92 Å². The highest BCUT2D eigenvalue weighted by Gasteiger charge is 2.42. The average Bonchev–Trinajstić information content (AvgIpc) is 3.09. The van der Waals surface area contributed by atoms with Gasteiger partial charge in [-0.15, -0.1) is 0 Å². The summed E-state index contributed by atoms with van der Waals surface area (Å²) in [4.78, 5) is 24.4. The zero-order chi connectivity index (χ0) is 28.5. The van der Waals surface area contributed by atoms with Crippen molar-refractivity contribution in [3.8, 4) is 0 Å². The van der Waals surface area contributed by atoms with Crippen LogP contribution in [0.1, 0.15) is 53.9 Å². The molecule has 0 radical (unpaired) electrons. The van der Waals surface area contributed by atoms with Crippen LogP contribution in [0.25, 0.3) is 0 Å². The van der Waals surface area contributed by atoms with Crippen LogP contribution < -0.4 is 15.2 Å². The number of anilines is 2. The molecule has 1 fully saturated rings. The lowest BCUT2D eigenvalue weighted by Crippen LogP contribution is -2.45. The van der Waals surface area contributed by atoms with Crippen LogP contribution in [0.3, 0.4) is 0 Å². The summed E-state index contributed by atoms with van der Waals surface area (Å²) in [7, 11) is -8.00. The van der Waals surface area contributed by atoms with E-state index in [2.05, 4.69) is 9.97 Å². The lowest BCUT2D eigenvalue weighted by molar-refractivity contribution is 0.0131. The van der Waals surface area contributed by atoms with Gasteiger partial charge in [0.05, 0.1) is 9.79 Å². The molecule has 4 N–H and O–H groups in total. The Morgan fingerprint density at radius 1 is 1.05 bits per heavy atom. The summed E-state index contributed by atoms with van der Waals surface area (Å²) >= 11 is 0. The number of aromatic nitrogens is 2. The number of rotatable bonds is 8. The van der Waals surface area contributed by atoms with Gasteiger partial charge in [-0.3, -0.25) is 0 Å². The first-order chi connectivity index (χ1) is 17.4. The minimum atomic E-state index is -4.00. The molecule has 3 heterocycles. The number of hydrogen-bond donors (Lipinski definition) is 2. The molecular formula is C24H36N6O6S2. The van der Waals surface area contributed by atoms with Crippen molar-refractivity contribution < 1.29 is 26.4 Å². The fourth-order valence-corrected chi connectivity index (χ4v) is 5.59. The first-order valence-electron chi connectivity index (χ1n) is 12.1. The number of carbonyl (C=O) groups excluding carboxylic acids is 1. The predicted molar refractivity (Wildman–Crippen MR) is 143 cm³/mol. The van der Waals surface area contributed by atoms with Crippen molar-refractivity contribution in [1.82, 2.24) is 14.9 Å². The zero-order valence-corrected chi connectivity index (χ0v) is 23.9. The number of likely N-dealkylation sites (tertiary alicyclic amines) is 1. The van der Waals surface area contributed by atoms with Gasteiger partial charge in [0.1, 0.15) is 17.2 Å². The van der Waals surface area contributed by atoms with Crippen molar-refractivity contribution in [1.29, 1.82) is 0 Å². The number of pyridine rings is 2. The molecule has 0 aromatic carbocycles. The maximum atomic E-state index is 12.8. The molecule has 0 aliphatic carbocycles. The van der Waals surface area contributed by atoms with E-state index in [1.165, 1.54) is 36.7 Å². The molecule has 1 aliphatic heterocycles. The topological polar surface area (TPSA) is 179 Å². The fourth-order valence-electron chi connectivity index (χ4n) is 4.55. The van der Waals surface area contributed by atoms with E-state index in [0.717, 1.165) is 12.8 Å². The van der Waals surface area contributed by atoms with Gasteiger partial charge in [-0.05, 0) is 71.9 Å². The summed E-state index contributed by atoms with van der Waals surface area (Å²) in [6.07, 6.45) is 4.41. The van der Waals surface area contributed by atoms with Crippen LogP contribution >= 0.6 is 0 Å². The molecule has 14 heteroatoms. The van der Waals surface area contributed by atoms with E-state index < -0.39 is 25.6 Å². The van der Waals surface area contributed by atoms with E-state index in [-0.39, 0.29) is 39.0 Å². The highest BCUT2D eigenvalue weighted by Crippen LogP contribution is 2.36. The van der Waals surface area contributed by atoms with Gasteiger partial charge < -0.3 is 14.5 Å². The van der Waals surface area contributed by atoms with Crippen molar-refractivity contribution in [3.05, 3.63) is 36.7 Å². The fraction of sp³-hybridized carbons (Fsp3) is 0.542. The number of primary sulfonamides is 2. The minimum absolute atomic E-state index is 0.138. The van der Waals surface area contributed by atoms with Crippen molar-refractivity contribution in [2.75, 3.05) is 18.0 Å². The molecule has 12 nitrogen and oxygen atoms in total. The van der Waals surface area contributed by atoms with Gasteiger partial charge in [0, 0.05) is 43.2 Å². The molecule has 0 bridgehead atoms. The summed E-state index contributed by atoms with van der Waals surface area (Å²) in [6.45, 7) is 10.4. The number of ether oxygens (including phenoxy) is 1. The van der Waals surface area contributed by atoms with E-state index in [9.17, 15) is 21.6 Å². The summed E-state index contributed by atoms with van der Waals surface area (Å²) in [5.74, 6) is 0.669. The standard InChI is InChI=1S/C24H36N6O6S2/c1-23(2,3)36-22(31)30-16-17(15-24(30,4)5)7-6-12-29(20-13-18(8-10-27-20)37(25,32)33)21-14-19(9-11-28-21)38(26,34)35/h8-11,13-14,17H,6-7,12,15-16H2,1-5H3,(H2,25,32,33)(H2,26,34,35)/t17-/m0/s1. The molecule has 210 valence electrons. The van der Waals surface area contributed by atoms with Crippen molar-refractivity contribution in [3.63, 3.8) is 0 Å². The second-order valence-corrected chi connectivity index (χ2v) is 14.2. The van der Waals surface area contributed by atoms with E-state index in [0.29, 0.717) is 19.5 Å². The minimum Gasteiger partial charge on any atom is -0.444 e. The maximum Gasteiger partial charge on any atom is 0.410 e. The molecule has 0 unspecified atom stereocenters. The molecule has 0 saturated carbocycles. The van der Waals surface area contributed by atoms with Gasteiger partial charge in [-0.25, -0.2) is 41.9 Å². The third-order valence-electron chi connectivity index (χ3n) is 6.21. The normalized spacial score (nSPS) is 17.9. The molecule has 0 spiro atoms. The Kier molecular flexibility index (Phi) is 8.41. The molecule has 38 heavy (non-hydrogen) atoms. The number of sulfonamides is 2. The van der Waals surface area contributed by atoms with E-state index in [4.69, 9.17) is 15.0 Å². The number of hydrogen-bond acceptors (Lipinski definition) is 9. The number of nitrogens with zero attached hydrogens (tertiary/aromatic N) is 4. The number of nitrogens with two attached hydrogens (primary N) is 2. The van der Waals surface area contributed by atoms with Crippen LogP contribution in [-0.4, -0.2) is 62.0 Å². The average molecular weight is 569 g/mol. The highest BCUT2D eigenvalue weighted by atomic mass is 32.2. The lowest BCUT2D eigenvalue weighted by Gasteiger charge is -2.33. The van der Waals surface area contributed by atoms with Crippen LogP contribution in [0.2, 0.25) is 0 Å². The van der Waals surface area contributed by atoms with E-state index in [1.54, 1.807) is 9.80 Å². The van der Waals surface area contributed by atoms with Crippen molar-refractivity contribution in [2.24, 2.45) is 16.2 Å². The largest absolute Gasteiger partial charge is 0.444 e. The molecule has 2 aromatic heterocycles. The van der Waals surface area contributed by atoms with Gasteiger partial charge in [0.15, 0.2) is 0 Å². The smallest absolute Gasteiger partial charge is 0.410 e. The molecule has 3 rings (SSSR count). The number of carbonyl (C=O) groups is 1. The summed E-state index contributed by atoms with van der Waals surface area (Å²) < 4.78 is 53.3. The molecule has 1 amide bonds. The van der Waals surface area contributed by atoms with Crippen LogP contribution in [0.4, 0.5) is 16.4 Å². The predicted octanol–water partition coefficient (Wildman–Crippen LogP) is 2.73. The molecule has 2 aromatic rings. The van der Waals surface area contributed by atoms with Crippen LogP contribution in [0.15, 0.2) is 46.5 Å². The summed E-state index contributed by atoms with van der Waals surface area (Å²) in [6, 6.07) is 5.17. The van der Waals surface area contributed by atoms with Crippen LogP contribution in [-0.2, 0) is 24.8 Å². The SMILES string of the molecule is CC(C)(C)OC(=O)N1C[C@@H](CCCN(c2cc(S(N)(=O)=O)ccn2)c2cc(S(N)(=O)=O)ccn2)CC1(C)C. The summed E-state index contributed by atoms with van der Waals surface area (Å²) in [5.41, 5.74) is -0.966. The molecule has 1 atom stereocenters. The first kappa shape index (κ1) is 29.7. The quantitative estimate of drug-likeness (QED) is 0.484. The molecular weight excluding hydrogens is 532 g/mol. The first-order valence-corrected chi connectivity index (χ1v) is 15.2.